The first-order valence-corrected chi connectivity index (χ1v) is 21.3. The predicted molar refractivity (Wildman–Crippen MR) is 219 cm³/mol. The number of hydrogen-bond acceptors (Lipinski definition) is 11. The summed E-state index contributed by atoms with van der Waals surface area (Å²) in [6.07, 6.45) is 2.41. The van der Waals surface area contributed by atoms with E-state index >= 15 is 0 Å². The molecule has 2 N–H and O–H groups in total. The molecule has 2 aliphatic rings. The summed E-state index contributed by atoms with van der Waals surface area (Å²) >= 11 is 1.21. The highest BCUT2D eigenvalue weighted by Gasteiger charge is 2.37. The first-order chi connectivity index (χ1) is 27.2. The zero-order chi connectivity index (χ0) is 41.6. The second-order valence-electron chi connectivity index (χ2n) is 16.0. The topological polar surface area (TPSA) is 160 Å². The highest BCUT2D eigenvalue weighted by atomic mass is 32.1. The summed E-state index contributed by atoms with van der Waals surface area (Å²) in [6, 6.07) is 7.88. The molecule has 0 spiro atoms. The van der Waals surface area contributed by atoms with Crippen LogP contribution in [-0.4, -0.2) is 127 Å². The Balaban J connectivity index is 1.57. The molecule has 6 atom stereocenters. The number of rotatable bonds is 18. The maximum atomic E-state index is 14.3. The fourth-order valence-corrected chi connectivity index (χ4v) is 8.33. The molecule has 0 aliphatic carbocycles. The van der Waals surface area contributed by atoms with E-state index in [-0.39, 0.29) is 54.4 Å². The van der Waals surface area contributed by atoms with Gasteiger partial charge in [0.1, 0.15) is 16.7 Å². The van der Waals surface area contributed by atoms with E-state index in [1.807, 2.05) is 70.0 Å². The number of benzene rings is 1. The Labute approximate surface area is 342 Å². The highest BCUT2D eigenvalue weighted by Crippen LogP contribution is 2.32. The minimum Gasteiger partial charge on any atom is -0.466 e. The Hall–Kier alpha value is -4.08. The van der Waals surface area contributed by atoms with Crippen molar-refractivity contribution in [2.24, 2.45) is 17.8 Å². The molecule has 15 heteroatoms. The number of nitrogens with zero attached hydrogens (tertiary/aromatic N) is 4. The maximum absolute atomic E-state index is 14.3. The van der Waals surface area contributed by atoms with Gasteiger partial charge in [0.25, 0.3) is 5.91 Å². The summed E-state index contributed by atoms with van der Waals surface area (Å²) in [5.41, 5.74) is 1.16. The number of likely N-dealkylation sites (tertiary alicyclic amines) is 1. The number of piperidine rings is 1. The van der Waals surface area contributed by atoms with Crippen LogP contribution in [-0.2, 0) is 35.0 Å². The number of amides is 4. The molecule has 2 saturated heterocycles. The van der Waals surface area contributed by atoms with E-state index in [1.165, 1.54) is 11.3 Å². The fraction of sp³-hybridized carbons (Fsp3) is 0.667. The molecule has 2 fully saturated rings. The van der Waals surface area contributed by atoms with Gasteiger partial charge in [-0.3, -0.25) is 24.1 Å². The van der Waals surface area contributed by atoms with E-state index in [0.29, 0.717) is 44.2 Å². The van der Waals surface area contributed by atoms with Gasteiger partial charge in [-0.25, -0.2) is 9.78 Å². The molecular weight excluding hydrogens is 749 g/mol. The lowest BCUT2D eigenvalue weighted by Gasteiger charge is -2.38. The van der Waals surface area contributed by atoms with Gasteiger partial charge in [0, 0.05) is 44.0 Å². The number of hydrogen-bond donors (Lipinski definition) is 2. The van der Waals surface area contributed by atoms with Crippen molar-refractivity contribution in [3.8, 4) is 0 Å². The molecule has 316 valence electrons. The third-order valence-corrected chi connectivity index (χ3v) is 11.8. The van der Waals surface area contributed by atoms with E-state index in [4.69, 9.17) is 19.2 Å². The normalized spacial score (nSPS) is 18.9. The van der Waals surface area contributed by atoms with E-state index in [9.17, 15) is 24.0 Å². The van der Waals surface area contributed by atoms with Crippen LogP contribution in [0.2, 0.25) is 0 Å². The van der Waals surface area contributed by atoms with Gasteiger partial charge in [0.05, 0.1) is 31.8 Å². The van der Waals surface area contributed by atoms with Gasteiger partial charge in [-0.15, -0.1) is 11.3 Å². The van der Waals surface area contributed by atoms with E-state index < -0.39 is 42.1 Å². The predicted octanol–water partition coefficient (Wildman–Crippen LogP) is 5.08. The number of esters is 1. The molecule has 1 aromatic carbocycles. The molecule has 4 rings (SSSR count). The Morgan fingerprint density at radius 1 is 0.965 bits per heavy atom. The van der Waals surface area contributed by atoms with Crippen LogP contribution in [0.25, 0.3) is 0 Å². The molecule has 2 aliphatic heterocycles. The van der Waals surface area contributed by atoms with Crippen molar-refractivity contribution in [2.45, 2.75) is 110 Å². The van der Waals surface area contributed by atoms with Crippen molar-refractivity contribution in [1.29, 1.82) is 0 Å². The second-order valence-corrected chi connectivity index (χ2v) is 16.9. The van der Waals surface area contributed by atoms with Crippen LogP contribution in [0.1, 0.15) is 101 Å². The Morgan fingerprint density at radius 3 is 2.30 bits per heavy atom. The highest BCUT2D eigenvalue weighted by molar-refractivity contribution is 7.09. The summed E-state index contributed by atoms with van der Waals surface area (Å²) < 4.78 is 16.9. The van der Waals surface area contributed by atoms with E-state index in [0.717, 1.165) is 31.4 Å². The molecule has 57 heavy (non-hydrogen) atoms. The Morgan fingerprint density at radius 2 is 1.67 bits per heavy atom. The van der Waals surface area contributed by atoms with Crippen LogP contribution in [0.15, 0.2) is 35.7 Å². The molecule has 1 aromatic heterocycles. The van der Waals surface area contributed by atoms with Crippen molar-refractivity contribution in [3.63, 3.8) is 0 Å². The van der Waals surface area contributed by atoms with Crippen LogP contribution in [0.3, 0.4) is 0 Å². The second kappa shape index (κ2) is 22.2. The minimum absolute atomic E-state index is 0.0700. The third kappa shape index (κ3) is 13.2. The van der Waals surface area contributed by atoms with Crippen molar-refractivity contribution in [3.05, 3.63) is 52.0 Å². The van der Waals surface area contributed by atoms with Crippen molar-refractivity contribution >= 4 is 41.1 Å². The summed E-state index contributed by atoms with van der Waals surface area (Å²) in [7, 11) is 3.67. The van der Waals surface area contributed by atoms with Gasteiger partial charge in [0.15, 0.2) is 6.10 Å². The fourth-order valence-electron chi connectivity index (χ4n) is 7.49. The standard InChI is InChI=1S/C42H64N6O8S/c1-9-55-41(52)29(6)23-31(24-30-15-11-10-12-16-30)43-37(49)32-26-57-39(44-32)35(56-42(53)48-19-21-54-22-20-48)25-34(27(2)3)47(8)40(51)36(28(4)5)45-38(50)33-17-13-14-18-46(33)7/h10-12,15-16,26-29,31,33-36H,9,13-14,17-25H2,1-8H3,(H,43,49)(H,45,50)/t29-,31+,33+,34+,35+,36-/m0/s1. The molecular formula is C42H64N6O8S. The van der Waals surface area contributed by atoms with Gasteiger partial charge in [0.2, 0.25) is 11.8 Å². The monoisotopic (exact) mass is 812 g/mol. The Kier molecular flexibility index (Phi) is 17.7. The molecule has 0 unspecified atom stereocenters. The van der Waals surface area contributed by atoms with E-state index in [2.05, 4.69) is 10.6 Å². The number of carbonyl (C=O) groups excluding carboxylic acids is 5. The number of thiazole rings is 1. The van der Waals surface area contributed by atoms with Crippen LogP contribution >= 0.6 is 11.3 Å². The van der Waals surface area contributed by atoms with E-state index in [1.54, 1.807) is 36.1 Å². The number of carbonyl (C=O) groups is 5. The molecule has 0 bridgehead atoms. The minimum atomic E-state index is -0.888. The maximum Gasteiger partial charge on any atom is 0.410 e. The zero-order valence-electron chi connectivity index (χ0n) is 35.0. The molecule has 3 heterocycles. The molecule has 14 nitrogen and oxygen atoms in total. The van der Waals surface area contributed by atoms with Gasteiger partial charge in [-0.05, 0) is 63.6 Å². The van der Waals surface area contributed by atoms with Crippen LogP contribution in [0.4, 0.5) is 4.79 Å². The smallest absolute Gasteiger partial charge is 0.410 e. The molecule has 0 radical (unpaired) electrons. The first-order valence-electron chi connectivity index (χ1n) is 20.5. The molecule has 2 aromatic rings. The average Bonchev–Trinajstić information content (AvgIpc) is 3.69. The largest absolute Gasteiger partial charge is 0.466 e. The quantitative estimate of drug-likeness (QED) is 0.195. The summed E-state index contributed by atoms with van der Waals surface area (Å²) in [4.78, 5) is 77.7. The first kappa shape index (κ1) is 45.6. The van der Waals surface area contributed by atoms with Crippen LogP contribution in [0.5, 0.6) is 0 Å². The van der Waals surface area contributed by atoms with Crippen LogP contribution in [0, 0.1) is 17.8 Å². The number of morpholine rings is 1. The van der Waals surface area contributed by atoms with Crippen molar-refractivity contribution in [1.82, 2.24) is 30.3 Å². The zero-order valence-corrected chi connectivity index (χ0v) is 35.8. The van der Waals surface area contributed by atoms with Crippen molar-refractivity contribution in [2.75, 3.05) is 53.6 Å². The average molecular weight is 813 g/mol. The lowest BCUT2D eigenvalue weighted by atomic mass is 9.94. The third-order valence-electron chi connectivity index (χ3n) is 10.9. The van der Waals surface area contributed by atoms with Gasteiger partial charge in [-0.1, -0.05) is 71.4 Å². The number of likely N-dealkylation sites (N-methyl/N-ethyl adjacent to an activating group) is 2. The summed E-state index contributed by atoms with van der Waals surface area (Å²) in [6.45, 7) is 14.0. The van der Waals surface area contributed by atoms with Crippen LogP contribution < -0.4 is 10.6 Å². The molecule has 4 amide bonds. The van der Waals surface area contributed by atoms with Crippen molar-refractivity contribution < 1.29 is 38.2 Å². The lowest BCUT2D eigenvalue weighted by Crippen LogP contribution is -2.57. The summed E-state index contributed by atoms with van der Waals surface area (Å²) in [5, 5.41) is 8.21. The Bertz CT molecular complexity index is 1620. The summed E-state index contributed by atoms with van der Waals surface area (Å²) in [5.74, 6) is -1.81. The number of nitrogens with one attached hydrogen (secondary N) is 2. The number of ether oxygens (including phenoxy) is 3. The lowest BCUT2D eigenvalue weighted by molar-refractivity contribution is -0.147. The van der Waals surface area contributed by atoms with Gasteiger partial charge >= 0.3 is 12.1 Å². The SMILES string of the molecule is CCOC(=O)[C@@H](C)C[C@H](Cc1ccccc1)NC(=O)c1csc([C@@H](C[C@H](C(C)C)N(C)C(=O)[C@@H](NC(=O)[C@H]2CCCCN2C)C(C)C)OC(=O)N2CCOCC2)n1. The van der Waals surface area contributed by atoms with Gasteiger partial charge < -0.3 is 34.6 Å². The van der Waals surface area contributed by atoms with Gasteiger partial charge in [-0.2, -0.15) is 0 Å². The molecule has 0 saturated carbocycles. The number of aromatic nitrogens is 1.